The second-order valence-electron chi connectivity index (χ2n) is 6.05. The van der Waals surface area contributed by atoms with E-state index in [-0.39, 0.29) is 5.91 Å². The van der Waals surface area contributed by atoms with Crippen LogP contribution in [-0.4, -0.2) is 25.1 Å². The smallest absolute Gasteiger partial charge is 0.244 e. The van der Waals surface area contributed by atoms with Crippen molar-refractivity contribution in [3.8, 4) is 11.5 Å². The Morgan fingerprint density at radius 2 is 1.96 bits per heavy atom. The maximum atomic E-state index is 12.1. The van der Waals surface area contributed by atoms with Crippen LogP contribution in [0.2, 0.25) is 0 Å². The van der Waals surface area contributed by atoms with Gasteiger partial charge in [-0.2, -0.15) is 0 Å². The lowest BCUT2D eigenvalue weighted by Crippen LogP contribution is -2.20. The molecular weight excluding hydrogens is 372 g/mol. The van der Waals surface area contributed by atoms with Crippen LogP contribution in [0.4, 0.5) is 0 Å². The zero-order chi connectivity index (χ0) is 19.8. The average molecular weight is 394 g/mol. The van der Waals surface area contributed by atoms with E-state index in [0.29, 0.717) is 18.0 Å². The third-order valence-corrected chi connectivity index (χ3v) is 4.99. The van der Waals surface area contributed by atoms with E-state index in [1.807, 2.05) is 35.7 Å². The molecule has 0 unspecified atom stereocenters. The van der Waals surface area contributed by atoms with Gasteiger partial charge < -0.3 is 14.8 Å². The number of hydrogen-bond donors (Lipinski definition) is 1. The minimum absolute atomic E-state index is 0.185. The number of ether oxygens (including phenoxy) is 2. The minimum atomic E-state index is -0.185. The van der Waals surface area contributed by atoms with E-state index in [4.69, 9.17) is 9.47 Å². The first-order chi connectivity index (χ1) is 13.7. The van der Waals surface area contributed by atoms with Gasteiger partial charge in [0, 0.05) is 29.5 Å². The summed E-state index contributed by atoms with van der Waals surface area (Å²) in [6.07, 6.45) is 4.01. The van der Waals surface area contributed by atoms with Gasteiger partial charge in [-0.3, -0.25) is 4.79 Å². The highest BCUT2D eigenvalue weighted by molar-refractivity contribution is 7.09. The third kappa shape index (κ3) is 5.44. The van der Waals surface area contributed by atoms with Crippen molar-refractivity contribution >= 4 is 23.3 Å². The molecule has 3 rings (SSSR count). The van der Waals surface area contributed by atoms with Crippen molar-refractivity contribution in [3.05, 3.63) is 81.8 Å². The lowest BCUT2D eigenvalue weighted by atomic mass is 10.1. The molecule has 5 nitrogen and oxygen atoms in total. The number of amides is 1. The summed E-state index contributed by atoms with van der Waals surface area (Å²) in [4.78, 5) is 16.7. The molecule has 0 aliphatic heterocycles. The van der Waals surface area contributed by atoms with E-state index in [0.717, 1.165) is 22.7 Å². The zero-order valence-corrected chi connectivity index (χ0v) is 16.7. The summed E-state index contributed by atoms with van der Waals surface area (Å²) in [5.74, 6) is 1.16. The van der Waals surface area contributed by atoms with Crippen molar-refractivity contribution < 1.29 is 14.3 Å². The van der Waals surface area contributed by atoms with Crippen molar-refractivity contribution in [3.63, 3.8) is 0 Å². The van der Waals surface area contributed by atoms with Gasteiger partial charge in [0.25, 0.3) is 0 Å². The number of carbonyl (C=O) groups is 1. The van der Waals surface area contributed by atoms with Crippen LogP contribution in [0, 0.1) is 0 Å². The van der Waals surface area contributed by atoms with E-state index in [2.05, 4.69) is 22.4 Å². The predicted molar refractivity (Wildman–Crippen MR) is 112 cm³/mol. The molecule has 0 fully saturated rings. The zero-order valence-electron chi connectivity index (χ0n) is 15.8. The molecular formula is C22H22N2O3S. The van der Waals surface area contributed by atoms with Crippen LogP contribution >= 0.6 is 11.3 Å². The third-order valence-electron chi connectivity index (χ3n) is 4.10. The van der Waals surface area contributed by atoms with Crippen LogP contribution in [0.1, 0.15) is 21.8 Å². The van der Waals surface area contributed by atoms with Crippen LogP contribution in [-0.2, 0) is 17.8 Å². The largest absolute Gasteiger partial charge is 0.497 e. The Labute approximate surface area is 168 Å². The number of carbonyl (C=O) groups excluding carboxylic acids is 1. The summed E-state index contributed by atoms with van der Waals surface area (Å²) >= 11 is 1.61. The van der Waals surface area contributed by atoms with Crippen molar-refractivity contribution in [1.82, 2.24) is 10.3 Å². The molecule has 6 heteroatoms. The molecule has 2 aromatic carbocycles. The highest BCUT2D eigenvalue weighted by atomic mass is 32.1. The number of benzene rings is 2. The van der Waals surface area contributed by atoms with Crippen LogP contribution in [0.5, 0.6) is 11.5 Å². The van der Waals surface area contributed by atoms with Crippen LogP contribution < -0.4 is 14.8 Å². The van der Waals surface area contributed by atoms with Gasteiger partial charge in [-0.1, -0.05) is 30.3 Å². The van der Waals surface area contributed by atoms with Crippen molar-refractivity contribution in [1.29, 1.82) is 0 Å². The van der Waals surface area contributed by atoms with Gasteiger partial charge in [0.05, 0.1) is 31.5 Å². The quantitative estimate of drug-likeness (QED) is 0.585. The number of hydrogen-bond acceptors (Lipinski definition) is 5. The highest BCUT2D eigenvalue weighted by Crippen LogP contribution is 2.25. The Hall–Kier alpha value is -3.12. The molecule has 1 heterocycles. The Morgan fingerprint density at radius 3 is 2.71 bits per heavy atom. The molecule has 0 saturated heterocycles. The molecule has 0 aliphatic rings. The second kappa shape index (κ2) is 9.71. The molecule has 1 N–H and O–H groups in total. The second-order valence-corrected chi connectivity index (χ2v) is 7.00. The number of methoxy groups -OCH3 is 2. The number of thiazole rings is 1. The lowest BCUT2D eigenvalue weighted by Gasteiger charge is -2.07. The summed E-state index contributed by atoms with van der Waals surface area (Å²) in [7, 11) is 3.18. The fourth-order valence-corrected chi connectivity index (χ4v) is 3.47. The summed E-state index contributed by atoms with van der Waals surface area (Å²) < 4.78 is 10.5. The molecule has 0 bridgehead atoms. The summed E-state index contributed by atoms with van der Waals surface area (Å²) in [5.41, 5.74) is 2.89. The average Bonchev–Trinajstić information content (AvgIpc) is 3.18. The van der Waals surface area contributed by atoms with Crippen LogP contribution in [0.25, 0.3) is 6.08 Å². The number of aromatic nitrogens is 1. The Balaban J connectivity index is 1.54. The van der Waals surface area contributed by atoms with Crippen LogP contribution in [0.15, 0.2) is 60.0 Å². The molecule has 1 amide bonds. The van der Waals surface area contributed by atoms with Gasteiger partial charge in [0.1, 0.15) is 11.5 Å². The minimum Gasteiger partial charge on any atom is -0.497 e. The van der Waals surface area contributed by atoms with Gasteiger partial charge in [0.2, 0.25) is 5.91 Å². The normalized spacial score (nSPS) is 10.8. The first-order valence-corrected chi connectivity index (χ1v) is 9.71. The molecule has 0 atom stereocenters. The number of nitrogens with zero attached hydrogens (tertiary/aromatic N) is 1. The Morgan fingerprint density at radius 1 is 1.14 bits per heavy atom. The summed E-state index contributed by atoms with van der Waals surface area (Å²) in [5, 5.41) is 5.88. The van der Waals surface area contributed by atoms with Crippen molar-refractivity contribution in [2.24, 2.45) is 0 Å². The fourth-order valence-electron chi connectivity index (χ4n) is 2.64. The Bertz CT molecular complexity index is 951. The number of nitrogens with one attached hydrogen (secondary N) is 1. The first kappa shape index (κ1) is 19.6. The predicted octanol–water partition coefficient (Wildman–Crippen LogP) is 4.08. The van der Waals surface area contributed by atoms with E-state index in [9.17, 15) is 4.79 Å². The van der Waals surface area contributed by atoms with E-state index in [1.54, 1.807) is 37.7 Å². The maximum Gasteiger partial charge on any atom is 0.244 e. The van der Waals surface area contributed by atoms with Crippen LogP contribution in [0.3, 0.4) is 0 Å². The molecule has 3 aromatic rings. The number of rotatable bonds is 8. The standard InChI is InChI=1S/C22H22N2O3S/c1-26-19-10-8-17(20(13-19)27-2)9-11-21(25)23-14-18-15-28-22(24-18)12-16-6-4-3-5-7-16/h3-11,13,15H,12,14H2,1-2H3,(H,23,25)/b11-9+. The lowest BCUT2D eigenvalue weighted by molar-refractivity contribution is -0.116. The van der Waals surface area contributed by atoms with Gasteiger partial charge in [-0.15, -0.1) is 11.3 Å². The Kier molecular flexibility index (Phi) is 6.81. The molecule has 0 spiro atoms. The fraction of sp³-hybridized carbons (Fsp3) is 0.182. The molecule has 0 aliphatic carbocycles. The van der Waals surface area contributed by atoms with Gasteiger partial charge in [-0.05, 0) is 23.8 Å². The van der Waals surface area contributed by atoms with Gasteiger partial charge >= 0.3 is 0 Å². The van der Waals surface area contributed by atoms with E-state index < -0.39 is 0 Å². The van der Waals surface area contributed by atoms with Gasteiger partial charge in [-0.25, -0.2) is 4.98 Å². The van der Waals surface area contributed by atoms with E-state index in [1.165, 1.54) is 11.6 Å². The van der Waals surface area contributed by atoms with E-state index >= 15 is 0 Å². The topological polar surface area (TPSA) is 60.5 Å². The summed E-state index contributed by atoms with van der Waals surface area (Å²) in [6.45, 7) is 0.397. The van der Waals surface area contributed by atoms with Gasteiger partial charge in [0.15, 0.2) is 0 Å². The molecule has 28 heavy (non-hydrogen) atoms. The maximum absolute atomic E-state index is 12.1. The molecule has 0 radical (unpaired) electrons. The summed E-state index contributed by atoms with van der Waals surface area (Å²) in [6, 6.07) is 15.7. The monoisotopic (exact) mass is 394 g/mol. The molecule has 144 valence electrons. The van der Waals surface area contributed by atoms with Crippen molar-refractivity contribution in [2.45, 2.75) is 13.0 Å². The molecule has 1 aromatic heterocycles. The SMILES string of the molecule is COc1ccc(/C=C/C(=O)NCc2csc(Cc3ccccc3)n2)c(OC)c1. The molecule has 0 saturated carbocycles. The highest BCUT2D eigenvalue weighted by Gasteiger charge is 2.06. The first-order valence-electron chi connectivity index (χ1n) is 8.83. The van der Waals surface area contributed by atoms with Crippen molar-refractivity contribution in [2.75, 3.05) is 14.2 Å².